The maximum absolute atomic E-state index is 2.65. The summed E-state index contributed by atoms with van der Waals surface area (Å²) in [5.41, 5.74) is 2.93. The van der Waals surface area contributed by atoms with Gasteiger partial charge < -0.3 is 0 Å². The van der Waals surface area contributed by atoms with E-state index in [2.05, 4.69) is 65.6 Å². The highest BCUT2D eigenvalue weighted by atomic mass is 15.1. The smallest absolute Gasteiger partial charge is 0.0233 e. The SMILES string of the molecule is c1ccc(CC2CCCCN(Cc3ccccc3)C2)cc1. The zero-order valence-corrected chi connectivity index (χ0v) is 12.7. The number of nitrogens with zero attached hydrogens (tertiary/aromatic N) is 1. The van der Waals surface area contributed by atoms with E-state index in [1.54, 1.807) is 0 Å². The van der Waals surface area contributed by atoms with Gasteiger partial charge in [-0.2, -0.15) is 0 Å². The van der Waals surface area contributed by atoms with E-state index in [1.165, 1.54) is 49.9 Å². The Morgan fingerprint density at radius 2 is 1.48 bits per heavy atom. The van der Waals surface area contributed by atoms with Crippen LogP contribution in [-0.4, -0.2) is 18.0 Å². The number of rotatable bonds is 4. The van der Waals surface area contributed by atoms with Crippen LogP contribution < -0.4 is 0 Å². The van der Waals surface area contributed by atoms with Gasteiger partial charge in [0.15, 0.2) is 0 Å². The van der Waals surface area contributed by atoms with Crippen molar-refractivity contribution in [3.05, 3.63) is 71.8 Å². The van der Waals surface area contributed by atoms with Crippen molar-refractivity contribution < 1.29 is 0 Å². The predicted octanol–water partition coefficient (Wildman–Crippen LogP) is 4.53. The van der Waals surface area contributed by atoms with Crippen LogP contribution in [0.15, 0.2) is 60.7 Å². The molecular formula is C20H25N. The summed E-state index contributed by atoms with van der Waals surface area (Å²) in [6.07, 6.45) is 5.33. The molecule has 1 fully saturated rings. The maximum Gasteiger partial charge on any atom is 0.0233 e. The lowest BCUT2D eigenvalue weighted by molar-refractivity contribution is 0.240. The molecule has 1 nitrogen and oxygen atoms in total. The van der Waals surface area contributed by atoms with Crippen molar-refractivity contribution in [3.8, 4) is 0 Å². The summed E-state index contributed by atoms with van der Waals surface area (Å²) in [6.45, 7) is 3.59. The third-order valence-electron chi connectivity index (χ3n) is 4.47. The number of hydrogen-bond donors (Lipinski definition) is 0. The molecule has 0 aliphatic carbocycles. The van der Waals surface area contributed by atoms with Crippen LogP contribution >= 0.6 is 0 Å². The molecule has 1 aliphatic rings. The van der Waals surface area contributed by atoms with E-state index in [1.807, 2.05) is 0 Å². The van der Waals surface area contributed by atoms with E-state index in [9.17, 15) is 0 Å². The summed E-state index contributed by atoms with van der Waals surface area (Å²) >= 11 is 0. The lowest BCUT2D eigenvalue weighted by atomic mass is 9.95. The molecule has 2 aromatic rings. The average molecular weight is 279 g/mol. The molecule has 1 saturated heterocycles. The Bertz CT molecular complexity index is 471. The van der Waals surface area contributed by atoms with Crippen molar-refractivity contribution >= 4 is 0 Å². The molecule has 0 saturated carbocycles. The van der Waals surface area contributed by atoms with Crippen LogP contribution in [0.3, 0.4) is 0 Å². The molecule has 0 amide bonds. The minimum absolute atomic E-state index is 0.804. The minimum Gasteiger partial charge on any atom is -0.299 e. The van der Waals surface area contributed by atoms with E-state index in [0.29, 0.717) is 0 Å². The lowest BCUT2D eigenvalue weighted by Crippen LogP contribution is -2.28. The van der Waals surface area contributed by atoms with Crippen molar-refractivity contribution in [2.45, 2.75) is 32.2 Å². The summed E-state index contributed by atoms with van der Waals surface area (Å²) in [7, 11) is 0. The second-order valence-corrected chi connectivity index (χ2v) is 6.27. The molecule has 1 heterocycles. The van der Waals surface area contributed by atoms with Gasteiger partial charge in [0.25, 0.3) is 0 Å². The second kappa shape index (κ2) is 7.42. The first-order chi connectivity index (χ1) is 10.4. The fourth-order valence-corrected chi connectivity index (χ4v) is 3.42. The van der Waals surface area contributed by atoms with E-state index in [0.717, 1.165) is 12.5 Å². The van der Waals surface area contributed by atoms with Gasteiger partial charge in [-0.05, 0) is 42.9 Å². The first kappa shape index (κ1) is 14.3. The van der Waals surface area contributed by atoms with Crippen molar-refractivity contribution in [2.24, 2.45) is 5.92 Å². The van der Waals surface area contributed by atoms with Gasteiger partial charge >= 0.3 is 0 Å². The van der Waals surface area contributed by atoms with Gasteiger partial charge in [0.05, 0.1) is 0 Å². The Morgan fingerprint density at radius 3 is 2.19 bits per heavy atom. The predicted molar refractivity (Wildman–Crippen MR) is 89.2 cm³/mol. The van der Waals surface area contributed by atoms with Crippen LogP contribution in [0.5, 0.6) is 0 Å². The lowest BCUT2D eigenvalue weighted by Gasteiger charge is -2.24. The van der Waals surface area contributed by atoms with Gasteiger partial charge in [-0.1, -0.05) is 67.1 Å². The molecule has 1 atom stereocenters. The minimum atomic E-state index is 0.804. The first-order valence-electron chi connectivity index (χ1n) is 8.20. The molecule has 0 aromatic heterocycles. The third-order valence-corrected chi connectivity index (χ3v) is 4.47. The van der Waals surface area contributed by atoms with Gasteiger partial charge in [0.2, 0.25) is 0 Å². The van der Waals surface area contributed by atoms with Crippen molar-refractivity contribution in [1.29, 1.82) is 0 Å². The van der Waals surface area contributed by atoms with Crippen LogP contribution in [0, 0.1) is 5.92 Å². The van der Waals surface area contributed by atoms with Crippen LogP contribution in [0.4, 0.5) is 0 Å². The monoisotopic (exact) mass is 279 g/mol. The van der Waals surface area contributed by atoms with Crippen LogP contribution in [-0.2, 0) is 13.0 Å². The Labute approximate surface area is 128 Å². The summed E-state index contributed by atoms with van der Waals surface area (Å²) in [6, 6.07) is 21.9. The molecule has 1 heteroatoms. The van der Waals surface area contributed by atoms with E-state index >= 15 is 0 Å². The highest BCUT2D eigenvalue weighted by Gasteiger charge is 2.18. The number of benzene rings is 2. The molecular weight excluding hydrogens is 254 g/mol. The van der Waals surface area contributed by atoms with E-state index in [4.69, 9.17) is 0 Å². The molecule has 3 rings (SSSR count). The van der Waals surface area contributed by atoms with E-state index < -0.39 is 0 Å². The first-order valence-corrected chi connectivity index (χ1v) is 8.20. The summed E-state index contributed by atoms with van der Waals surface area (Å²) in [5, 5.41) is 0. The Morgan fingerprint density at radius 1 is 0.810 bits per heavy atom. The topological polar surface area (TPSA) is 3.24 Å². The number of hydrogen-bond acceptors (Lipinski definition) is 1. The average Bonchev–Trinajstić information content (AvgIpc) is 2.74. The molecule has 1 unspecified atom stereocenters. The van der Waals surface area contributed by atoms with Crippen molar-refractivity contribution in [2.75, 3.05) is 13.1 Å². The molecule has 21 heavy (non-hydrogen) atoms. The van der Waals surface area contributed by atoms with Crippen LogP contribution in [0.2, 0.25) is 0 Å². The van der Waals surface area contributed by atoms with Gasteiger partial charge in [-0.3, -0.25) is 4.90 Å². The highest BCUT2D eigenvalue weighted by Crippen LogP contribution is 2.22. The zero-order valence-electron chi connectivity index (χ0n) is 12.7. The zero-order chi connectivity index (χ0) is 14.3. The normalized spacial score (nSPS) is 20.1. The van der Waals surface area contributed by atoms with E-state index in [-0.39, 0.29) is 0 Å². The molecule has 0 radical (unpaired) electrons. The van der Waals surface area contributed by atoms with Gasteiger partial charge in [-0.15, -0.1) is 0 Å². The van der Waals surface area contributed by atoms with Crippen LogP contribution in [0.25, 0.3) is 0 Å². The molecule has 1 aliphatic heterocycles. The summed E-state index contributed by atoms with van der Waals surface area (Å²) < 4.78 is 0. The third kappa shape index (κ3) is 4.44. The Kier molecular flexibility index (Phi) is 5.07. The molecule has 2 aromatic carbocycles. The maximum atomic E-state index is 2.65. The fraction of sp³-hybridized carbons (Fsp3) is 0.400. The highest BCUT2D eigenvalue weighted by molar-refractivity contribution is 5.16. The summed E-state index contributed by atoms with van der Waals surface area (Å²) in [5.74, 6) is 0.804. The fourth-order valence-electron chi connectivity index (χ4n) is 3.42. The standard InChI is InChI=1S/C20H25N/c1-3-9-18(10-4-1)15-20-13-7-8-14-21(17-20)16-19-11-5-2-6-12-19/h1-6,9-12,20H,7-8,13-17H2. The quantitative estimate of drug-likeness (QED) is 0.794. The largest absolute Gasteiger partial charge is 0.299 e. The van der Waals surface area contributed by atoms with Crippen molar-refractivity contribution in [3.63, 3.8) is 0 Å². The van der Waals surface area contributed by atoms with Gasteiger partial charge in [0.1, 0.15) is 0 Å². The molecule has 0 spiro atoms. The van der Waals surface area contributed by atoms with Crippen molar-refractivity contribution in [1.82, 2.24) is 4.90 Å². The van der Waals surface area contributed by atoms with Gasteiger partial charge in [-0.25, -0.2) is 0 Å². The molecule has 0 N–H and O–H groups in total. The second-order valence-electron chi connectivity index (χ2n) is 6.27. The summed E-state index contributed by atoms with van der Waals surface area (Å²) in [4.78, 5) is 2.65. The Hall–Kier alpha value is -1.60. The molecule has 0 bridgehead atoms. The van der Waals surface area contributed by atoms with Crippen LogP contribution in [0.1, 0.15) is 30.4 Å². The van der Waals surface area contributed by atoms with Gasteiger partial charge in [0, 0.05) is 13.1 Å². The Balaban J connectivity index is 1.61. The molecule has 110 valence electrons. The number of likely N-dealkylation sites (tertiary alicyclic amines) is 1.